The van der Waals surface area contributed by atoms with E-state index in [1.54, 1.807) is 31.3 Å². The van der Waals surface area contributed by atoms with Crippen LogP contribution in [0, 0.1) is 10.1 Å². The van der Waals surface area contributed by atoms with E-state index in [0.717, 1.165) is 0 Å². The first kappa shape index (κ1) is 14.7. The summed E-state index contributed by atoms with van der Waals surface area (Å²) in [5.74, 6) is 0.382. The highest BCUT2D eigenvalue weighted by Crippen LogP contribution is 2.27. The fourth-order valence-corrected chi connectivity index (χ4v) is 3.82. The molecule has 0 bridgehead atoms. The second kappa shape index (κ2) is 5.90. The molecule has 1 aromatic carbocycles. The van der Waals surface area contributed by atoms with Gasteiger partial charge >= 0.3 is 0 Å². The summed E-state index contributed by atoms with van der Waals surface area (Å²) in [5.41, 5.74) is 1.26. The highest BCUT2D eigenvalue weighted by Gasteiger charge is 2.15. The molecule has 3 aromatic rings. The molecule has 0 spiro atoms. The molecule has 0 unspecified atom stereocenters. The van der Waals surface area contributed by atoms with Gasteiger partial charge in [-0.15, -0.1) is 11.3 Å². The largest absolute Gasteiger partial charge is 0.290 e. The van der Waals surface area contributed by atoms with E-state index in [0.29, 0.717) is 26.7 Å². The van der Waals surface area contributed by atoms with Crippen LogP contribution in [0.15, 0.2) is 45.7 Å². The predicted octanol–water partition coefficient (Wildman–Crippen LogP) is 3.20. The lowest BCUT2D eigenvalue weighted by molar-refractivity contribution is -0.385. The van der Waals surface area contributed by atoms with Gasteiger partial charge in [-0.25, -0.2) is 4.98 Å². The molecular weight excluding hydrogens is 322 g/mol. The molecule has 0 saturated carbocycles. The Morgan fingerprint density at radius 2 is 2.14 bits per heavy atom. The summed E-state index contributed by atoms with van der Waals surface area (Å²) in [6.07, 6.45) is 0. The van der Waals surface area contributed by atoms with E-state index in [9.17, 15) is 14.9 Å². The fourth-order valence-electron chi connectivity index (χ4n) is 2.05. The molecule has 6 nitrogen and oxygen atoms in total. The van der Waals surface area contributed by atoms with E-state index in [2.05, 4.69) is 4.98 Å². The number of para-hydroxylation sites is 1. The summed E-state index contributed by atoms with van der Waals surface area (Å²) in [6.45, 7) is 0. The fraction of sp³-hybridized carbons (Fsp3) is 0.143. The lowest BCUT2D eigenvalue weighted by Gasteiger charge is -2.07. The molecule has 0 aliphatic heterocycles. The molecular formula is C14H11N3O3S2. The highest BCUT2D eigenvalue weighted by molar-refractivity contribution is 7.98. The third-order valence-electron chi connectivity index (χ3n) is 3.19. The number of nitro benzene ring substituents is 1. The van der Waals surface area contributed by atoms with Crippen LogP contribution in [0.1, 0.15) is 5.56 Å². The lowest BCUT2D eigenvalue weighted by Crippen LogP contribution is -2.18. The minimum Gasteiger partial charge on any atom is -0.290 e. The summed E-state index contributed by atoms with van der Waals surface area (Å²) in [4.78, 5) is 27.3. The van der Waals surface area contributed by atoms with Gasteiger partial charge in [0.2, 0.25) is 0 Å². The molecule has 0 aliphatic rings. The molecule has 0 aliphatic carbocycles. The third kappa shape index (κ3) is 2.62. The van der Waals surface area contributed by atoms with Crippen LogP contribution in [0.5, 0.6) is 0 Å². The molecule has 3 rings (SSSR count). The quantitative estimate of drug-likeness (QED) is 0.317. The first-order valence-corrected chi connectivity index (χ1v) is 8.24. The topological polar surface area (TPSA) is 78.0 Å². The van der Waals surface area contributed by atoms with Crippen LogP contribution in [0.2, 0.25) is 0 Å². The molecule has 0 fully saturated rings. The number of rotatable bonds is 4. The molecule has 22 heavy (non-hydrogen) atoms. The average Bonchev–Trinajstić information content (AvgIpc) is 2.98. The van der Waals surface area contributed by atoms with Crippen molar-refractivity contribution in [3.05, 3.63) is 61.7 Å². The summed E-state index contributed by atoms with van der Waals surface area (Å²) >= 11 is 2.68. The second-order valence-electron chi connectivity index (χ2n) is 4.57. The third-order valence-corrected chi connectivity index (χ3v) is 5.16. The Hall–Kier alpha value is -2.19. The molecule has 8 heteroatoms. The lowest BCUT2D eigenvalue weighted by atomic mass is 10.2. The van der Waals surface area contributed by atoms with Crippen molar-refractivity contribution in [1.29, 1.82) is 0 Å². The van der Waals surface area contributed by atoms with Crippen molar-refractivity contribution in [1.82, 2.24) is 9.55 Å². The van der Waals surface area contributed by atoms with Crippen LogP contribution in [0.4, 0.5) is 5.69 Å². The van der Waals surface area contributed by atoms with Crippen LogP contribution >= 0.6 is 23.1 Å². The Kier molecular flexibility index (Phi) is 3.95. The van der Waals surface area contributed by atoms with Crippen molar-refractivity contribution in [2.24, 2.45) is 7.05 Å². The van der Waals surface area contributed by atoms with Crippen molar-refractivity contribution in [3.8, 4) is 0 Å². The van der Waals surface area contributed by atoms with Crippen molar-refractivity contribution >= 4 is 39.0 Å². The van der Waals surface area contributed by atoms with E-state index < -0.39 is 4.92 Å². The van der Waals surface area contributed by atoms with E-state index >= 15 is 0 Å². The number of benzene rings is 1. The Labute approximate surface area is 133 Å². The smallest absolute Gasteiger partial charge is 0.273 e. The van der Waals surface area contributed by atoms with Gasteiger partial charge in [0, 0.05) is 24.4 Å². The zero-order valence-electron chi connectivity index (χ0n) is 11.6. The van der Waals surface area contributed by atoms with Crippen LogP contribution in [-0.4, -0.2) is 14.5 Å². The van der Waals surface area contributed by atoms with E-state index in [-0.39, 0.29) is 11.2 Å². The molecule has 0 saturated heterocycles. The molecule has 112 valence electrons. The molecule has 2 heterocycles. The van der Waals surface area contributed by atoms with Crippen LogP contribution in [0.25, 0.3) is 10.2 Å². The highest BCUT2D eigenvalue weighted by atomic mass is 32.2. The van der Waals surface area contributed by atoms with Crippen LogP contribution in [-0.2, 0) is 12.8 Å². The van der Waals surface area contributed by atoms with Crippen LogP contribution < -0.4 is 5.56 Å². The summed E-state index contributed by atoms with van der Waals surface area (Å²) in [5, 5.41) is 13.4. The number of aromatic nitrogens is 2. The average molecular weight is 333 g/mol. The molecule has 2 aromatic heterocycles. The van der Waals surface area contributed by atoms with Gasteiger partial charge in [-0.2, -0.15) is 0 Å². The number of nitrogens with zero attached hydrogens (tertiary/aromatic N) is 3. The van der Waals surface area contributed by atoms with Crippen molar-refractivity contribution in [2.75, 3.05) is 0 Å². The minimum atomic E-state index is -0.398. The first-order valence-electron chi connectivity index (χ1n) is 6.37. The van der Waals surface area contributed by atoms with E-state index in [1.807, 2.05) is 5.38 Å². The van der Waals surface area contributed by atoms with Gasteiger partial charge in [0.05, 0.1) is 10.4 Å². The summed E-state index contributed by atoms with van der Waals surface area (Å²) in [7, 11) is 1.66. The van der Waals surface area contributed by atoms with Gasteiger partial charge in [0.15, 0.2) is 5.16 Å². The molecule has 0 atom stereocenters. The summed E-state index contributed by atoms with van der Waals surface area (Å²) < 4.78 is 2.11. The molecule has 0 amide bonds. The monoisotopic (exact) mass is 333 g/mol. The van der Waals surface area contributed by atoms with Crippen molar-refractivity contribution in [3.63, 3.8) is 0 Å². The first-order chi connectivity index (χ1) is 10.6. The van der Waals surface area contributed by atoms with Gasteiger partial charge in [0.25, 0.3) is 11.2 Å². The Balaban J connectivity index is 1.93. The summed E-state index contributed by atoms with van der Waals surface area (Å²) in [6, 6.07) is 8.39. The van der Waals surface area contributed by atoms with Gasteiger partial charge < -0.3 is 0 Å². The standard InChI is InChI=1S/C14H11N3O3S2/c1-16-13(18)12-10(6-7-21-12)15-14(16)22-8-9-4-2-3-5-11(9)17(19)20/h2-7H,8H2,1H3. The SMILES string of the molecule is Cn1c(SCc2ccccc2[N+](=O)[O-])nc2ccsc2c1=O. The number of hydrogen-bond donors (Lipinski definition) is 0. The van der Waals surface area contributed by atoms with E-state index in [4.69, 9.17) is 0 Å². The number of thiophene rings is 1. The normalized spacial score (nSPS) is 11.0. The maximum atomic E-state index is 12.2. The zero-order valence-corrected chi connectivity index (χ0v) is 13.2. The Morgan fingerprint density at radius 3 is 2.91 bits per heavy atom. The Morgan fingerprint density at radius 1 is 1.36 bits per heavy atom. The maximum absolute atomic E-state index is 12.2. The Bertz CT molecular complexity index is 917. The van der Waals surface area contributed by atoms with Crippen LogP contribution in [0.3, 0.4) is 0 Å². The van der Waals surface area contributed by atoms with Gasteiger partial charge in [-0.05, 0) is 11.4 Å². The van der Waals surface area contributed by atoms with Gasteiger partial charge in [-0.1, -0.05) is 30.0 Å². The zero-order chi connectivity index (χ0) is 15.7. The predicted molar refractivity (Wildman–Crippen MR) is 87.5 cm³/mol. The number of nitro groups is 1. The van der Waals surface area contributed by atoms with Crippen molar-refractivity contribution < 1.29 is 4.92 Å². The molecule has 0 N–H and O–H groups in total. The minimum absolute atomic E-state index is 0.0802. The second-order valence-corrected chi connectivity index (χ2v) is 6.43. The number of thioether (sulfide) groups is 1. The molecule has 0 radical (unpaired) electrons. The number of hydrogen-bond acceptors (Lipinski definition) is 6. The van der Waals surface area contributed by atoms with Crippen molar-refractivity contribution in [2.45, 2.75) is 10.9 Å². The maximum Gasteiger partial charge on any atom is 0.273 e. The van der Waals surface area contributed by atoms with Gasteiger partial charge in [0.1, 0.15) is 4.70 Å². The van der Waals surface area contributed by atoms with Gasteiger partial charge in [-0.3, -0.25) is 19.5 Å². The number of fused-ring (bicyclic) bond motifs is 1. The van der Waals surface area contributed by atoms with E-state index in [1.165, 1.54) is 33.7 Å².